The van der Waals surface area contributed by atoms with Gasteiger partial charge in [0.25, 0.3) is 33.6 Å². The molecule has 43 nitrogen and oxygen atoms in total. The van der Waals surface area contributed by atoms with Gasteiger partial charge in [-0.25, -0.2) is 43.2 Å². The molecule has 2 aromatic heterocycles. The highest BCUT2D eigenvalue weighted by Gasteiger charge is 2.35. The van der Waals surface area contributed by atoms with E-state index in [9.17, 15) is 91.1 Å². The van der Waals surface area contributed by atoms with Gasteiger partial charge < -0.3 is 93.8 Å². The molecule has 0 spiro atoms. The van der Waals surface area contributed by atoms with Crippen LogP contribution in [0.5, 0.6) is 0 Å². The highest BCUT2D eigenvalue weighted by atomic mass is 16.6. The number of nitrogens with one attached hydrogen (secondary N) is 5. The van der Waals surface area contributed by atoms with E-state index in [1.165, 1.54) is 13.8 Å². The quantitative estimate of drug-likeness (QED) is 0.0216. The van der Waals surface area contributed by atoms with Crippen LogP contribution in [0.3, 0.4) is 0 Å². The predicted molar refractivity (Wildman–Crippen MR) is 508 cm³/mol. The van der Waals surface area contributed by atoms with E-state index in [-0.39, 0.29) is 209 Å². The molecule has 0 unspecified atom stereocenters. The molecule has 43 heteroatoms. The zero-order chi connectivity index (χ0) is 104. The molecular formula is C93H142N13O30+5. The van der Waals surface area contributed by atoms with Crippen molar-refractivity contribution < 1.29 is 132 Å². The number of allylic oxidation sites excluding steroid dienone is 1. The van der Waals surface area contributed by atoms with Crippen molar-refractivity contribution in [2.45, 2.75) is 308 Å². The van der Waals surface area contributed by atoms with Gasteiger partial charge in [-0.3, -0.25) is 47.9 Å². The van der Waals surface area contributed by atoms with E-state index in [2.05, 4.69) is 96.8 Å². The van der Waals surface area contributed by atoms with Crippen LogP contribution >= 0.6 is 0 Å². The number of amides is 5. The number of carbonyl (C=O) groups is 17. The number of ether oxygens (including phenoxy) is 7. The Labute approximate surface area is 791 Å². The van der Waals surface area contributed by atoms with Crippen LogP contribution in [0.4, 0.5) is 9.59 Å². The molecule has 9 atom stereocenters. The Kier molecular flexibility index (Phi) is 63.5. The van der Waals surface area contributed by atoms with Crippen molar-refractivity contribution >= 4 is 165 Å². The first-order valence-electron chi connectivity index (χ1n) is 44.5. The third kappa shape index (κ3) is 57.8. The highest BCUT2D eigenvalue weighted by Crippen LogP contribution is 2.23. The number of alkyl carbamates (subject to hydrolysis) is 2. The molecule has 3 rings (SSSR count). The summed E-state index contributed by atoms with van der Waals surface area (Å²) in [4.78, 5) is 229. The van der Waals surface area contributed by atoms with Crippen LogP contribution in [0, 0.1) is 49.4 Å². The molecule has 0 aromatic carbocycles. The number of rotatable bonds is 56. The Morgan fingerprint density at radius 3 is 0.949 bits per heavy atom. The zero-order valence-corrected chi connectivity index (χ0v) is 81.8. The summed E-state index contributed by atoms with van der Waals surface area (Å²) >= 11 is 0. The van der Waals surface area contributed by atoms with E-state index in [4.69, 9.17) is 49.0 Å². The molecule has 5 amide bonds. The summed E-state index contributed by atoms with van der Waals surface area (Å²) < 4.78 is 70.6. The molecule has 1 aliphatic rings. The average molecular weight is 1920 g/mol. The molecule has 0 aliphatic carbocycles. The lowest BCUT2D eigenvalue weighted by molar-refractivity contribution is -0.152. The van der Waals surface area contributed by atoms with Gasteiger partial charge in [0.05, 0.1) is 43.6 Å². The summed E-state index contributed by atoms with van der Waals surface area (Å²) in [5.74, 6) is -8.00. The number of nitrogens with two attached hydrogens (primary N) is 2. The van der Waals surface area contributed by atoms with Gasteiger partial charge in [-0.2, -0.15) is 0 Å². The van der Waals surface area contributed by atoms with Crippen molar-refractivity contribution in [3.05, 3.63) is 68.3 Å². The van der Waals surface area contributed by atoms with E-state index in [1.807, 2.05) is 74.7 Å². The first kappa shape index (κ1) is 125. The van der Waals surface area contributed by atoms with E-state index in [0.29, 0.717) is 37.7 Å². The maximum atomic E-state index is 13.0. The fourth-order valence-corrected chi connectivity index (χ4v) is 12.0. The van der Waals surface area contributed by atoms with Crippen LogP contribution < -0.4 is 73.0 Å². The Morgan fingerprint density at radius 1 is 0.412 bits per heavy atom. The Hall–Kier alpha value is -13.5. The van der Waals surface area contributed by atoms with Crippen LogP contribution in [-0.2, 0) is 118 Å². The van der Waals surface area contributed by atoms with Gasteiger partial charge in [-0.15, -0.1) is 23.3 Å². The Balaban J connectivity index is 0. The predicted octanol–water partition coefficient (Wildman–Crippen LogP) is 3.33. The summed E-state index contributed by atoms with van der Waals surface area (Å²) in [5, 5.41) is 12.6. The number of ketones is 7. The lowest BCUT2D eigenvalue weighted by Crippen LogP contribution is -2.46. The lowest BCUT2D eigenvalue weighted by atomic mass is 9.88. The van der Waals surface area contributed by atoms with Crippen molar-refractivity contribution in [2.75, 3.05) is 20.3 Å². The second-order valence-electron chi connectivity index (χ2n) is 33.5. The third-order valence-electron chi connectivity index (χ3n) is 18.2. The van der Waals surface area contributed by atoms with Gasteiger partial charge >= 0.3 is 84.8 Å². The number of carbonyl (C=O) groups excluding carboxylic acids is 17. The number of hydrogen-bond donors (Lipinski definition) is 7. The van der Waals surface area contributed by atoms with Gasteiger partial charge in [0, 0.05) is 75.6 Å². The molecule has 3 heterocycles. The number of aryl methyl sites for hydroxylation is 2. The highest BCUT2D eigenvalue weighted by molar-refractivity contribution is 6.29. The minimum atomic E-state index is -1.09. The van der Waals surface area contributed by atoms with Crippen LogP contribution in [0.25, 0.3) is 0 Å². The fourth-order valence-electron chi connectivity index (χ4n) is 12.0. The first-order chi connectivity index (χ1) is 63.8. The van der Waals surface area contributed by atoms with E-state index < -0.39 is 126 Å². The molecule has 754 valence electrons. The molecule has 0 saturated heterocycles. The largest absolute Gasteiger partial charge is 0.519 e. The van der Waals surface area contributed by atoms with Crippen molar-refractivity contribution in [3.8, 4) is 0 Å². The van der Waals surface area contributed by atoms with Gasteiger partial charge in [-0.05, 0) is 163 Å². The van der Waals surface area contributed by atoms with Crippen LogP contribution in [0.2, 0.25) is 0 Å². The SMILES string of the molecule is C=[N+]=CC(=O)CC[C@H](NC(=O)C1=CN(C)C=CC1)C(=O)OC(C)C.C=[N+]=CC(=O)CC[C@H](NC(=O)OCc1oc(=O)oc1C)C(=O)OC(C)C.C=[N+]=CC(=O)CC[C@H](NC(=O)OCc1oc(=O)oc1C)C(=O)OCC.C=[N+]=CC(=O)CC[C@H](NC(=O)[C@@H](CC(=O)[C@@H](N)CC(C)C)CC(C)C)C(=O)OC(C)C.C=[N+]=CC(=O)CC[C@H](NC(=O)[C@@H](CC(=O)[C@@H](N)CC(C)C)CC(C)C)C(=O)OCC. The summed E-state index contributed by atoms with van der Waals surface area (Å²) in [6, 6.07) is -6.27. The standard InChI is InChI=1S/C23H39N3O5.C22H37N3O5.C17H23N3O4.C16H20N2O8.C15H18N2O8/c1-14(2)10-17(12-21(28)19(24)11-15(3)4)22(29)26-20(23(30)31-16(5)6)9-8-18(27)13-25-7;1-7-30-22(29)19(9-8-17(26)13-24-6)25-21(28)16(10-14(2)3)12-20(27)18(23)11-15(4)5;1-12(2)24-17(23)15(8-7-14(21)10-18-3)19-16(22)13-6-5-9-20(4)11-13;1-9(2)24-14(20)12(6-5-11(19)7-17-4)18-15(21)23-8-13-10(3)25-16(22)26-13;1-4-22-13(19)11(6-5-10(18)7-16-3)17-14(20)23-8-12-9(2)24-15(21)25-12/h13-17,19-20H,7-12,24H2,1-6H3;13-16,18-19H,6-12,23H2,1-5H3;5,9-12,15H,3,6-8H2,1-2,4H3;7,9,12H,4-6,8H2,1-3H3;7,11H,3-6,8H2,1-2H3/p+5/t17-,19+,20+;16-,18+,19+;15-;12-;11-/m11000/s1. The minimum absolute atomic E-state index is 0.00138. The Bertz CT molecular complexity index is 4740. The third-order valence-corrected chi connectivity index (χ3v) is 18.2. The van der Waals surface area contributed by atoms with Gasteiger partial charge in [0.15, 0.2) is 36.3 Å². The second kappa shape index (κ2) is 69.3. The second-order valence-corrected chi connectivity index (χ2v) is 33.5. The van der Waals surface area contributed by atoms with E-state index in [1.54, 1.807) is 66.5 Å². The fraction of sp³-hybridized carbons (Fsp3) is 0.602. The smallest absolute Gasteiger partial charge is 0.464 e. The summed E-state index contributed by atoms with van der Waals surface area (Å²) in [7, 11) is 1.81. The molecule has 1 aliphatic heterocycles. The molecule has 2 aromatic rings. The van der Waals surface area contributed by atoms with Gasteiger partial charge in [0.2, 0.25) is 46.6 Å². The number of hydrogen-bond acceptors (Lipinski definition) is 33. The van der Waals surface area contributed by atoms with Crippen molar-refractivity contribution in [1.29, 1.82) is 0 Å². The minimum Gasteiger partial charge on any atom is -0.464 e. The zero-order valence-electron chi connectivity index (χ0n) is 81.8. The van der Waals surface area contributed by atoms with Gasteiger partial charge in [-0.1, -0.05) is 61.5 Å². The summed E-state index contributed by atoms with van der Waals surface area (Å²) in [5.41, 5.74) is 12.5. The molecular weight excluding hydrogens is 1780 g/mol. The molecule has 0 bridgehead atoms. The monoisotopic (exact) mass is 1920 g/mol. The van der Waals surface area contributed by atoms with Crippen LogP contribution in [-0.4, -0.2) is 251 Å². The van der Waals surface area contributed by atoms with Gasteiger partial charge in [0.1, 0.15) is 41.8 Å². The number of nitrogens with zero attached hydrogens (tertiary/aromatic N) is 6. The van der Waals surface area contributed by atoms with Crippen molar-refractivity contribution in [2.24, 2.45) is 47.0 Å². The summed E-state index contributed by atoms with van der Waals surface area (Å²) in [6.07, 6.45) is 10.5. The van der Waals surface area contributed by atoms with E-state index in [0.717, 1.165) is 31.1 Å². The average Bonchev–Trinajstić information content (AvgIpc) is 1.31. The van der Waals surface area contributed by atoms with E-state index >= 15 is 0 Å². The van der Waals surface area contributed by atoms with Crippen LogP contribution in [0.15, 0.2) is 51.3 Å². The molecule has 9 N–H and O–H groups in total. The molecule has 136 heavy (non-hydrogen) atoms. The van der Waals surface area contributed by atoms with Crippen LogP contribution in [0.1, 0.15) is 243 Å². The maximum Gasteiger partial charge on any atom is 0.519 e. The van der Waals surface area contributed by atoms with Crippen molar-refractivity contribution in [1.82, 2.24) is 54.8 Å². The van der Waals surface area contributed by atoms with Crippen molar-refractivity contribution in [3.63, 3.8) is 0 Å². The maximum absolute atomic E-state index is 13.0. The Morgan fingerprint density at radius 2 is 0.691 bits per heavy atom. The molecule has 0 fully saturated rings. The number of esters is 5. The normalized spacial score (nSPS) is 13.0. The molecule has 0 saturated carbocycles. The topological polar surface area (TPSA) is 627 Å². The summed E-state index contributed by atoms with van der Waals surface area (Å²) in [6.45, 7) is 47.7. The first-order valence-corrected chi connectivity index (χ1v) is 44.5. The molecule has 0 radical (unpaired) electrons. The number of Topliss-reactive ketones (excluding diaryl/α,β-unsaturated/α-hetero) is 7. The lowest BCUT2D eigenvalue weighted by Gasteiger charge is -2.24.